The van der Waals surface area contributed by atoms with E-state index in [1.807, 2.05) is 0 Å². The van der Waals surface area contributed by atoms with Crippen LogP contribution in [0.1, 0.15) is 11.6 Å². The molecule has 0 spiro atoms. The van der Waals surface area contributed by atoms with Crippen molar-refractivity contribution in [3.63, 3.8) is 0 Å². The lowest BCUT2D eigenvalue weighted by Crippen LogP contribution is -2.20. The fourth-order valence-electron chi connectivity index (χ4n) is 3.36. The molecule has 1 heterocycles. The molecule has 0 bridgehead atoms. The molecule has 4 N–H and O–H groups in total. The number of methoxy groups -OCH3 is 1. The van der Waals surface area contributed by atoms with Gasteiger partial charge in [0.15, 0.2) is 5.75 Å². The van der Waals surface area contributed by atoms with E-state index in [0.717, 1.165) is 0 Å². The molecular formula is C23H18Br2N2O6S. The summed E-state index contributed by atoms with van der Waals surface area (Å²) in [5, 5.41) is 9.62. The number of aromatic amines is 1. The van der Waals surface area contributed by atoms with Crippen molar-refractivity contribution in [2.24, 2.45) is 5.73 Å². The van der Waals surface area contributed by atoms with Gasteiger partial charge in [0, 0.05) is 17.1 Å². The molecule has 1 atom stereocenters. The number of aromatic nitrogens is 1. The van der Waals surface area contributed by atoms with Crippen LogP contribution in [0.2, 0.25) is 0 Å². The van der Waals surface area contributed by atoms with E-state index in [9.17, 15) is 13.2 Å². The maximum absolute atomic E-state index is 13.3. The second-order valence-electron chi connectivity index (χ2n) is 7.27. The van der Waals surface area contributed by atoms with Crippen LogP contribution in [0.15, 0.2) is 79.5 Å². The molecule has 0 aliphatic rings. The summed E-state index contributed by atoms with van der Waals surface area (Å²) < 4.78 is 38.6. The molecule has 0 aliphatic heterocycles. The van der Waals surface area contributed by atoms with E-state index in [4.69, 9.17) is 20.3 Å². The molecule has 4 rings (SSSR count). The predicted octanol–water partition coefficient (Wildman–Crippen LogP) is 5.41. The van der Waals surface area contributed by atoms with Crippen LogP contribution in [-0.4, -0.2) is 31.6 Å². The summed E-state index contributed by atoms with van der Waals surface area (Å²) in [6.07, 6.45) is 1.45. The monoisotopic (exact) mass is 608 g/mol. The fraction of sp³-hybridized carbons (Fsp3) is 0.0870. The van der Waals surface area contributed by atoms with Crippen LogP contribution in [0.5, 0.6) is 17.2 Å². The van der Waals surface area contributed by atoms with Gasteiger partial charge in [-0.1, -0.05) is 0 Å². The van der Waals surface area contributed by atoms with Gasteiger partial charge < -0.3 is 25.3 Å². The Hall–Kier alpha value is -2.86. The zero-order valence-corrected chi connectivity index (χ0v) is 21.6. The Labute approximate surface area is 211 Å². The smallest absolute Gasteiger partial charge is 0.325 e. The number of carboxylic acids is 1. The molecule has 34 heavy (non-hydrogen) atoms. The van der Waals surface area contributed by atoms with Gasteiger partial charge in [0.1, 0.15) is 17.5 Å². The van der Waals surface area contributed by atoms with Gasteiger partial charge in [-0.15, -0.1) is 0 Å². The lowest BCUT2D eigenvalue weighted by molar-refractivity contribution is -0.138. The van der Waals surface area contributed by atoms with Crippen molar-refractivity contribution < 1.29 is 27.8 Å². The molecule has 176 valence electrons. The topological polar surface area (TPSA) is 132 Å². The third kappa shape index (κ3) is 4.56. The number of sulfone groups is 1. The Morgan fingerprint density at radius 2 is 1.65 bits per heavy atom. The number of H-pyrrole nitrogens is 1. The predicted molar refractivity (Wildman–Crippen MR) is 133 cm³/mol. The molecule has 0 saturated heterocycles. The van der Waals surface area contributed by atoms with Gasteiger partial charge in [-0.2, -0.15) is 0 Å². The number of benzene rings is 3. The van der Waals surface area contributed by atoms with Crippen molar-refractivity contribution in [1.29, 1.82) is 0 Å². The highest BCUT2D eigenvalue weighted by Crippen LogP contribution is 2.40. The van der Waals surface area contributed by atoms with Crippen LogP contribution in [-0.2, 0) is 14.6 Å². The number of rotatable bonds is 7. The summed E-state index contributed by atoms with van der Waals surface area (Å²) in [6, 6.07) is 13.1. The SMILES string of the molecule is COc1ccc(S(=O)(=O)c2c[nH]c3ccc(Oc4c(Br)cc([C@@H](N)C(=O)O)cc4Br)cc23)cc1. The van der Waals surface area contributed by atoms with Gasteiger partial charge in [0.05, 0.1) is 25.8 Å². The van der Waals surface area contributed by atoms with E-state index in [0.29, 0.717) is 42.7 Å². The fourth-order valence-corrected chi connectivity index (χ4v) is 6.16. The quantitative estimate of drug-likeness (QED) is 0.255. The van der Waals surface area contributed by atoms with Crippen LogP contribution in [0.25, 0.3) is 10.9 Å². The standard InChI is InChI=1S/C23H18Br2N2O6S/c1-32-13-2-5-15(6-3-13)34(30,31)20-11-27-19-7-4-14(10-16(19)20)33-22-17(24)8-12(9-18(22)25)21(26)23(28)29/h2-11,21,27H,26H2,1H3,(H,28,29)/t21-/m1/s1. The zero-order valence-electron chi connectivity index (χ0n) is 17.6. The van der Waals surface area contributed by atoms with Crippen LogP contribution in [0, 0.1) is 0 Å². The first kappa shape index (κ1) is 24.3. The number of fused-ring (bicyclic) bond motifs is 1. The van der Waals surface area contributed by atoms with E-state index in [1.165, 1.54) is 25.4 Å². The van der Waals surface area contributed by atoms with Gasteiger partial charge in [0.2, 0.25) is 9.84 Å². The van der Waals surface area contributed by atoms with E-state index in [1.54, 1.807) is 42.5 Å². The highest BCUT2D eigenvalue weighted by atomic mass is 79.9. The highest BCUT2D eigenvalue weighted by molar-refractivity contribution is 9.11. The van der Waals surface area contributed by atoms with Crippen molar-refractivity contribution in [2.45, 2.75) is 15.8 Å². The van der Waals surface area contributed by atoms with Gasteiger partial charge in [-0.05, 0) is 92.0 Å². The van der Waals surface area contributed by atoms with Gasteiger partial charge >= 0.3 is 5.97 Å². The Morgan fingerprint density at radius 1 is 1.03 bits per heavy atom. The van der Waals surface area contributed by atoms with E-state index in [-0.39, 0.29) is 9.79 Å². The van der Waals surface area contributed by atoms with E-state index in [2.05, 4.69) is 36.8 Å². The summed E-state index contributed by atoms with van der Waals surface area (Å²) in [7, 11) is -2.30. The van der Waals surface area contributed by atoms with Crippen molar-refractivity contribution in [3.8, 4) is 17.2 Å². The van der Waals surface area contributed by atoms with Crippen molar-refractivity contribution in [3.05, 3.63) is 75.3 Å². The van der Waals surface area contributed by atoms with Crippen LogP contribution in [0.3, 0.4) is 0 Å². The van der Waals surface area contributed by atoms with Gasteiger partial charge in [0.25, 0.3) is 0 Å². The summed E-state index contributed by atoms with van der Waals surface area (Å²) in [4.78, 5) is 14.4. The maximum Gasteiger partial charge on any atom is 0.325 e. The van der Waals surface area contributed by atoms with Crippen molar-refractivity contribution >= 4 is 58.6 Å². The molecular weight excluding hydrogens is 592 g/mol. The Bertz CT molecular complexity index is 1480. The second kappa shape index (κ2) is 9.41. The molecule has 3 aromatic carbocycles. The average Bonchev–Trinajstić information content (AvgIpc) is 3.25. The van der Waals surface area contributed by atoms with Crippen LogP contribution < -0.4 is 15.2 Å². The molecule has 0 radical (unpaired) electrons. The normalized spacial score (nSPS) is 12.5. The van der Waals surface area contributed by atoms with Gasteiger partial charge in [-0.3, -0.25) is 4.79 Å². The number of nitrogens with two attached hydrogens (primary N) is 1. The Balaban J connectivity index is 1.71. The van der Waals surface area contributed by atoms with E-state index >= 15 is 0 Å². The molecule has 0 fully saturated rings. The first-order chi connectivity index (χ1) is 16.1. The Morgan fingerprint density at radius 3 is 2.24 bits per heavy atom. The van der Waals surface area contributed by atoms with Crippen molar-refractivity contribution in [1.82, 2.24) is 4.98 Å². The number of carbonyl (C=O) groups is 1. The second-order valence-corrected chi connectivity index (χ2v) is 10.9. The lowest BCUT2D eigenvalue weighted by atomic mass is 10.1. The van der Waals surface area contributed by atoms with Crippen LogP contribution in [0.4, 0.5) is 0 Å². The molecule has 1 aromatic heterocycles. The third-order valence-electron chi connectivity index (χ3n) is 5.14. The lowest BCUT2D eigenvalue weighted by Gasteiger charge is -2.14. The highest BCUT2D eigenvalue weighted by Gasteiger charge is 2.23. The minimum atomic E-state index is -3.81. The largest absolute Gasteiger partial charge is 0.497 e. The molecule has 11 heteroatoms. The summed E-state index contributed by atoms with van der Waals surface area (Å²) in [6.45, 7) is 0. The number of halogens is 2. The molecule has 0 saturated carbocycles. The molecule has 0 amide bonds. The number of hydrogen-bond donors (Lipinski definition) is 3. The molecule has 4 aromatic rings. The minimum absolute atomic E-state index is 0.110. The van der Waals surface area contributed by atoms with Gasteiger partial charge in [-0.25, -0.2) is 8.42 Å². The Kier molecular flexibility index (Phi) is 6.72. The first-order valence-corrected chi connectivity index (χ1v) is 12.8. The maximum atomic E-state index is 13.3. The number of hydrogen-bond acceptors (Lipinski definition) is 6. The number of carboxylic acid groups (broad SMARTS) is 1. The number of nitrogens with one attached hydrogen (secondary N) is 1. The summed E-state index contributed by atoms with van der Waals surface area (Å²) in [5.74, 6) is 0.168. The minimum Gasteiger partial charge on any atom is -0.497 e. The summed E-state index contributed by atoms with van der Waals surface area (Å²) >= 11 is 6.78. The van der Waals surface area contributed by atoms with E-state index < -0.39 is 21.8 Å². The summed E-state index contributed by atoms with van der Waals surface area (Å²) in [5.41, 5.74) is 6.71. The zero-order chi connectivity index (χ0) is 24.6. The molecule has 0 aliphatic carbocycles. The van der Waals surface area contributed by atoms with Crippen LogP contribution >= 0.6 is 31.9 Å². The van der Waals surface area contributed by atoms with Crippen molar-refractivity contribution in [2.75, 3.05) is 7.11 Å². The molecule has 8 nitrogen and oxygen atoms in total. The number of ether oxygens (including phenoxy) is 2. The molecule has 0 unspecified atom stereocenters. The third-order valence-corrected chi connectivity index (χ3v) is 8.13. The first-order valence-electron chi connectivity index (χ1n) is 9.77. The number of aliphatic carboxylic acids is 1. The average molecular weight is 610 g/mol.